The molecule has 0 saturated carbocycles. The predicted molar refractivity (Wildman–Crippen MR) is 74.1 cm³/mol. The molecule has 2 aromatic rings. The number of phenolic OH excluding ortho intramolecular Hbond substituents is 1. The van der Waals surface area contributed by atoms with Gasteiger partial charge < -0.3 is 9.84 Å². The number of aromatic hydroxyl groups is 1. The van der Waals surface area contributed by atoms with Crippen LogP contribution in [-0.2, 0) is 19.6 Å². The monoisotopic (exact) mass is 255 g/mol. The lowest BCUT2D eigenvalue weighted by atomic mass is 10.1. The van der Waals surface area contributed by atoms with E-state index in [1.807, 2.05) is 18.2 Å². The Balaban J connectivity index is 1.71. The molecule has 1 aliphatic rings. The molecule has 0 aromatic heterocycles. The normalized spacial score (nSPS) is 14.4. The Kier molecular flexibility index (Phi) is 3.13. The Labute approximate surface area is 113 Å². The second-order valence-electron chi connectivity index (χ2n) is 4.91. The summed E-state index contributed by atoms with van der Waals surface area (Å²) in [5, 5.41) is 9.84. The largest absolute Gasteiger partial charge is 0.508 e. The highest BCUT2D eigenvalue weighted by Gasteiger charge is 2.21. The number of rotatable bonds is 3. The lowest BCUT2D eigenvalue weighted by molar-refractivity contribution is 0.273. The number of fused-ring (bicyclic) bond motifs is 1. The van der Waals surface area contributed by atoms with Crippen LogP contribution in [0.5, 0.6) is 11.5 Å². The van der Waals surface area contributed by atoms with Gasteiger partial charge in [-0.25, -0.2) is 0 Å². The Morgan fingerprint density at radius 2 is 1.89 bits per heavy atom. The van der Waals surface area contributed by atoms with E-state index in [0.29, 0.717) is 5.75 Å². The van der Waals surface area contributed by atoms with Gasteiger partial charge in [0.25, 0.3) is 0 Å². The van der Waals surface area contributed by atoms with Gasteiger partial charge in [0.2, 0.25) is 0 Å². The van der Waals surface area contributed by atoms with Gasteiger partial charge in [0.05, 0.1) is 7.11 Å². The zero-order valence-corrected chi connectivity index (χ0v) is 11.0. The van der Waals surface area contributed by atoms with Crippen molar-refractivity contribution in [1.82, 2.24) is 4.90 Å². The van der Waals surface area contributed by atoms with E-state index in [9.17, 15) is 5.11 Å². The van der Waals surface area contributed by atoms with Crippen molar-refractivity contribution in [3.05, 3.63) is 59.2 Å². The van der Waals surface area contributed by atoms with Crippen LogP contribution >= 0.6 is 0 Å². The summed E-state index contributed by atoms with van der Waals surface area (Å²) in [6.07, 6.45) is 0. The summed E-state index contributed by atoms with van der Waals surface area (Å²) in [5.74, 6) is 1.29. The topological polar surface area (TPSA) is 32.7 Å². The summed E-state index contributed by atoms with van der Waals surface area (Å²) in [6, 6.07) is 13.9. The molecule has 0 bridgehead atoms. The average Bonchev–Trinajstić information content (AvgIpc) is 2.84. The van der Waals surface area contributed by atoms with Crippen molar-refractivity contribution < 1.29 is 9.84 Å². The van der Waals surface area contributed by atoms with Crippen molar-refractivity contribution in [3.8, 4) is 11.5 Å². The third kappa shape index (κ3) is 2.42. The standard InChI is InChI=1S/C16H17NO2/c1-19-14-7-5-12(6-8-14)9-17-10-13-3-2-4-16(18)15(13)11-17/h2-8,18H,9-11H2,1H3. The van der Waals surface area contributed by atoms with E-state index in [-0.39, 0.29) is 0 Å². The minimum atomic E-state index is 0.412. The fourth-order valence-electron chi connectivity index (χ4n) is 2.57. The van der Waals surface area contributed by atoms with Crippen LogP contribution < -0.4 is 4.74 Å². The van der Waals surface area contributed by atoms with Crippen LogP contribution in [0.3, 0.4) is 0 Å². The average molecular weight is 255 g/mol. The van der Waals surface area contributed by atoms with Crippen LogP contribution in [0.15, 0.2) is 42.5 Å². The van der Waals surface area contributed by atoms with Gasteiger partial charge in [-0.05, 0) is 29.3 Å². The highest BCUT2D eigenvalue weighted by molar-refractivity contribution is 5.41. The number of methoxy groups -OCH3 is 1. The molecule has 0 atom stereocenters. The highest BCUT2D eigenvalue weighted by atomic mass is 16.5. The summed E-state index contributed by atoms with van der Waals surface area (Å²) in [4.78, 5) is 2.33. The van der Waals surface area contributed by atoms with Crippen LogP contribution in [0.1, 0.15) is 16.7 Å². The molecule has 0 saturated heterocycles. The van der Waals surface area contributed by atoms with Crippen molar-refractivity contribution in [3.63, 3.8) is 0 Å². The number of ether oxygens (including phenoxy) is 1. The number of hydrogen-bond donors (Lipinski definition) is 1. The molecule has 1 N–H and O–H groups in total. The molecule has 0 spiro atoms. The van der Waals surface area contributed by atoms with Crippen molar-refractivity contribution in [1.29, 1.82) is 0 Å². The Morgan fingerprint density at radius 1 is 1.11 bits per heavy atom. The molecular weight excluding hydrogens is 238 g/mol. The van der Waals surface area contributed by atoms with Crippen molar-refractivity contribution in [2.24, 2.45) is 0 Å². The smallest absolute Gasteiger partial charge is 0.120 e. The maximum atomic E-state index is 9.84. The molecular formula is C16H17NO2. The maximum absolute atomic E-state index is 9.84. The van der Waals surface area contributed by atoms with Gasteiger partial charge >= 0.3 is 0 Å². The Bertz CT molecular complexity index is 578. The summed E-state index contributed by atoms with van der Waals surface area (Å²) in [7, 11) is 1.68. The molecule has 3 heteroatoms. The van der Waals surface area contributed by atoms with Crippen molar-refractivity contribution in [2.45, 2.75) is 19.6 Å². The fraction of sp³-hybridized carbons (Fsp3) is 0.250. The van der Waals surface area contributed by atoms with Gasteiger partial charge in [0.1, 0.15) is 11.5 Å². The molecule has 2 aromatic carbocycles. The van der Waals surface area contributed by atoms with Crippen LogP contribution in [0, 0.1) is 0 Å². The van der Waals surface area contributed by atoms with Crippen LogP contribution in [0.4, 0.5) is 0 Å². The van der Waals surface area contributed by atoms with Gasteiger partial charge in [0.15, 0.2) is 0 Å². The third-order valence-electron chi connectivity index (χ3n) is 3.59. The minimum absolute atomic E-state index is 0.412. The molecule has 0 aliphatic carbocycles. The fourth-order valence-corrected chi connectivity index (χ4v) is 2.57. The first-order chi connectivity index (χ1) is 9.26. The quantitative estimate of drug-likeness (QED) is 0.915. The van der Waals surface area contributed by atoms with E-state index in [1.54, 1.807) is 13.2 Å². The number of benzene rings is 2. The van der Waals surface area contributed by atoms with E-state index in [1.165, 1.54) is 11.1 Å². The van der Waals surface area contributed by atoms with Gasteiger partial charge in [-0.2, -0.15) is 0 Å². The summed E-state index contributed by atoms with van der Waals surface area (Å²) < 4.78 is 5.16. The molecule has 98 valence electrons. The van der Waals surface area contributed by atoms with Gasteiger partial charge in [-0.15, -0.1) is 0 Å². The summed E-state index contributed by atoms with van der Waals surface area (Å²) in [5.41, 5.74) is 3.55. The van der Waals surface area contributed by atoms with Gasteiger partial charge in [-0.1, -0.05) is 24.3 Å². The lowest BCUT2D eigenvalue weighted by Crippen LogP contribution is -2.15. The second kappa shape index (κ2) is 4.94. The Morgan fingerprint density at radius 3 is 2.58 bits per heavy atom. The molecule has 1 heterocycles. The number of phenols is 1. The van der Waals surface area contributed by atoms with Crippen LogP contribution in [-0.4, -0.2) is 17.1 Å². The van der Waals surface area contributed by atoms with Crippen LogP contribution in [0.25, 0.3) is 0 Å². The first kappa shape index (κ1) is 12.1. The first-order valence-electron chi connectivity index (χ1n) is 6.41. The third-order valence-corrected chi connectivity index (χ3v) is 3.59. The Hall–Kier alpha value is -2.00. The molecule has 0 fully saturated rings. The zero-order valence-electron chi connectivity index (χ0n) is 11.0. The van der Waals surface area contributed by atoms with Gasteiger partial charge in [0, 0.05) is 25.2 Å². The molecule has 3 rings (SSSR count). The molecule has 1 aliphatic heterocycles. The van der Waals surface area contributed by atoms with E-state index >= 15 is 0 Å². The zero-order chi connectivity index (χ0) is 13.2. The van der Waals surface area contributed by atoms with E-state index < -0.39 is 0 Å². The molecule has 0 radical (unpaired) electrons. The molecule has 19 heavy (non-hydrogen) atoms. The van der Waals surface area contributed by atoms with E-state index in [2.05, 4.69) is 23.1 Å². The minimum Gasteiger partial charge on any atom is -0.508 e. The lowest BCUT2D eigenvalue weighted by Gasteiger charge is -2.15. The van der Waals surface area contributed by atoms with Crippen LogP contribution in [0.2, 0.25) is 0 Å². The van der Waals surface area contributed by atoms with E-state index in [4.69, 9.17) is 4.74 Å². The SMILES string of the molecule is COc1ccc(CN2Cc3cccc(O)c3C2)cc1. The summed E-state index contributed by atoms with van der Waals surface area (Å²) >= 11 is 0. The summed E-state index contributed by atoms with van der Waals surface area (Å²) in [6.45, 7) is 2.60. The van der Waals surface area contributed by atoms with Gasteiger partial charge in [-0.3, -0.25) is 4.90 Å². The molecule has 3 nitrogen and oxygen atoms in total. The maximum Gasteiger partial charge on any atom is 0.120 e. The second-order valence-corrected chi connectivity index (χ2v) is 4.91. The molecule has 0 amide bonds. The van der Waals surface area contributed by atoms with Crippen molar-refractivity contribution >= 4 is 0 Å². The van der Waals surface area contributed by atoms with Crippen molar-refractivity contribution in [2.75, 3.05) is 7.11 Å². The predicted octanol–water partition coefficient (Wildman–Crippen LogP) is 2.92. The number of nitrogens with zero attached hydrogens (tertiary/aromatic N) is 1. The van der Waals surface area contributed by atoms with E-state index in [0.717, 1.165) is 30.9 Å². The first-order valence-corrected chi connectivity index (χ1v) is 6.41. The number of hydrogen-bond acceptors (Lipinski definition) is 3. The highest BCUT2D eigenvalue weighted by Crippen LogP contribution is 2.30. The molecule has 0 unspecified atom stereocenters.